The van der Waals surface area contributed by atoms with Gasteiger partial charge in [-0.3, -0.25) is 4.90 Å². The van der Waals surface area contributed by atoms with E-state index in [4.69, 9.17) is 5.11 Å². The molecule has 1 aliphatic heterocycles. The smallest absolute Gasteiger partial charge is 0.0631 e. The van der Waals surface area contributed by atoms with Crippen LogP contribution >= 0.6 is 0 Å². The average molecular weight is 284 g/mol. The zero-order valence-corrected chi connectivity index (χ0v) is 13.2. The second kappa shape index (κ2) is 7.21. The van der Waals surface area contributed by atoms with Crippen LogP contribution in [-0.4, -0.2) is 72.0 Å². The van der Waals surface area contributed by atoms with Crippen LogP contribution in [0.3, 0.4) is 0 Å². The van der Waals surface area contributed by atoms with Crippen LogP contribution in [0.1, 0.15) is 39.5 Å². The second-order valence-corrected chi connectivity index (χ2v) is 7.31. The van der Waals surface area contributed by atoms with Crippen molar-refractivity contribution in [1.82, 2.24) is 9.80 Å². The average Bonchev–Trinajstić information content (AvgIpc) is 2.61. The SMILES string of the molecule is CC1(C)CCCC(CN2CCCN(CCO)CC2)C1O. The predicted molar refractivity (Wildman–Crippen MR) is 81.7 cm³/mol. The molecule has 0 amide bonds. The van der Waals surface area contributed by atoms with Gasteiger partial charge >= 0.3 is 0 Å². The van der Waals surface area contributed by atoms with E-state index in [2.05, 4.69) is 23.6 Å². The van der Waals surface area contributed by atoms with Crippen LogP contribution in [0.15, 0.2) is 0 Å². The monoisotopic (exact) mass is 284 g/mol. The van der Waals surface area contributed by atoms with Crippen molar-refractivity contribution in [1.29, 1.82) is 0 Å². The molecule has 0 aromatic heterocycles. The fourth-order valence-corrected chi connectivity index (χ4v) is 3.86. The highest BCUT2D eigenvalue weighted by molar-refractivity contribution is 4.89. The summed E-state index contributed by atoms with van der Waals surface area (Å²) in [6.45, 7) is 10.8. The summed E-state index contributed by atoms with van der Waals surface area (Å²) in [5.74, 6) is 0.433. The molecule has 1 saturated heterocycles. The summed E-state index contributed by atoms with van der Waals surface area (Å²) >= 11 is 0. The Hall–Kier alpha value is -0.160. The van der Waals surface area contributed by atoms with Crippen molar-refractivity contribution in [3.63, 3.8) is 0 Å². The van der Waals surface area contributed by atoms with Crippen molar-refractivity contribution >= 4 is 0 Å². The van der Waals surface area contributed by atoms with Gasteiger partial charge in [0, 0.05) is 26.2 Å². The molecule has 4 nitrogen and oxygen atoms in total. The molecule has 118 valence electrons. The molecule has 0 spiro atoms. The maximum Gasteiger partial charge on any atom is 0.0631 e. The first-order chi connectivity index (χ1) is 9.53. The van der Waals surface area contributed by atoms with Gasteiger partial charge in [-0.1, -0.05) is 20.3 Å². The number of β-amino-alcohol motifs (C(OH)–C–C–N with tert-alkyl or cyclic N) is 1. The van der Waals surface area contributed by atoms with Gasteiger partial charge in [-0.2, -0.15) is 0 Å². The molecule has 2 aliphatic rings. The Bertz CT molecular complexity index is 296. The molecule has 1 heterocycles. The van der Waals surface area contributed by atoms with Gasteiger partial charge in [0.05, 0.1) is 12.7 Å². The highest BCUT2D eigenvalue weighted by Crippen LogP contribution is 2.39. The molecule has 0 aromatic carbocycles. The molecular formula is C16H32N2O2. The van der Waals surface area contributed by atoms with Gasteiger partial charge in [0.25, 0.3) is 0 Å². The predicted octanol–water partition coefficient (Wildman–Crippen LogP) is 1.17. The summed E-state index contributed by atoms with van der Waals surface area (Å²) in [7, 11) is 0. The van der Waals surface area contributed by atoms with E-state index in [1.54, 1.807) is 0 Å². The topological polar surface area (TPSA) is 46.9 Å². The molecule has 2 unspecified atom stereocenters. The molecular weight excluding hydrogens is 252 g/mol. The number of rotatable bonds is 4. The standard InChI is InChI=1S/C16H32N2O2/c1-16(2)6-3-5-14(15(16)20)13-18-8-4-7-17(9-10-18)11-12-19/h14-15,19-20H,3-13H2,1-2H3. The van der Waals surface area contributed by atoms with Crippen molar-refractivity contribution in [3.8, 4) is 0 Å². The maximum atomic E-state index is 10.6. The van der Waals surface area contributed by atoms with Gasteiger partial charge in [0.1, 0.15) is 0 Å². The number of hydrogen-bond acceptors (Lipinski definition) is 4. The van der Waals surface area contributed by atoms with E-state index in [9.17, 15) is 5.11 Å². The third-order valence-electron chi connectivity index (χ3n) is 5.23. The second-order valence-electron chi connectivity index (χ2n) is 7.31. The van der Waals surface area contributed by atoms with Gasteiger partial charge in [0.15, 0.2) is 0 Å². The highest BCUT2D eigenvalue weighted by atomic mass is 16.3. The Morgan fingerprint density at radius 2 is 1.75 bits per heavy atom. The third-order valence-corrected chi connectivity index (χ3v) is 5.23. The number of hydrogen-bond donors (Lipinski definition) is 2. The Morgan fingerprint density at radius 3 is 2.50 bits per heavy atom. The van der Waals surface area contributed by atoms with Crippen LogP contribution < -0.4 is 0 Å². The first kappa shape index (κ1) is 16.2. The fourth-order valence-electron chi connectivity index (χ4n) is 3.86. The Morgan fingerprint density at radius 1 is 1.05 bits per heavy atom. The summed E-state index contributed by atoms with van der Waals surface area (Å²) in [4.78, 5) is 4.87. The van der Waals surface area contributed by atoms with Crippen molar-refractivity contribution in [2.75, 3.05) is 45.9 Å². The van der Waals surface area contributed by atoms with Gasteiger partial charge in [-0.15, -0.1) is 0 Å². The maximum absolute atomic E-state index is 10.6. The van der Waals surface area contributed by atoms with E-state index in [1.807, 2.05) is 0 Å². The normalized spacial score (nSPS) is 33.0. The lowest BCUT2D eigenvalue weighted by Gasteiger charge is -2.42. The zero-order chi connectivity index (χ0) is 14.6. The minimum Gasteiger partial charge on any atom is -0.395 e. The van der Waals surface area contributed by atoms with Crippen LogP contribution in [0.4, 0.5) is 0 Å². The summed E-state index contributed by atoms with van der Waals surface area (Å²) in [5, 5.41) is 19.6. The molecule has 2 rings (SSSR count). The molecule has 20 heavy (non-hydrogen) atoms. The zero-order valence-electron chi connectivity index (χ0n) is 13.2. The minimum atomic E-state index is -0.159. The lowest BCUT2D eigenvalue weighted by Crippen LogP contribution is -2.45. The molecule has 0 aromatic rings. The van der Waals surface area contributed by atoms with Crippen LogP contribution in [0.25, 0.3) is 0 Å². The van der Waals surface area contributed by atoms with Crippen LogP contribution in [0.5, 0.6) is 0 Å². The molecule has 2 N–H and O–H groups in total. The summed E-state index contributed by atoms with van der Waals surface area (Å²) < 4.78 is 0. The Balaban J connectivity index is 1.83. The van der Waals surface area contributed by atoms with E-state index in [1.165, 1.54) is 19.3 Å². The van der Waals surface area contributed by atoms with Crippen molar-refractivity contribution in [2.24, 2.45) is 11.3 Å². The van der Waals surface area contributed by atoms with E-state index < -0.39 is 0 Å². The summed E-state index contributed by atoms with van der Waals surface area (Å²) in [6.07, 6.45) is 4.58. The van der Waals surface area contributed by atoms with E-state index in [0.29, 0.717) is 5.92 Å². The fraction of sp³-hybridized carbons (Fsp3) is 1.00. The lowest BCUT2D eigenvalue weighted by molar-refractivity contribution is -0.0426. The number of aliphatic hydroxyl groups excluding tert-OH is 2. The molecule has 1 aliphatic carbocycles. The lowest BCUT2D eigenvalue weighted by atomic mass is 9.69. The van der Waals surface area contributed by atoms with Crippen LogP contribution in [-0.2, 0) is 0 Å². The molecule has 2 atom stereocenters. The van der Waals surface area contributed by atoms with Gasteiger partial charge in [0.2, 0.25) is 0 Å². The highest BCUT2D eigenvalue weighted by Gasteiger charge is 2.38. The quantitative estimate of drug-likeness (QED) is 0.814. The van der Waals surface area contributed by atoms with Gasteiger partial charge < -0.3 is 15.1 Å². The first-order valence-electron chi connectivity index (χ1n) is 8.26. The molecule has 4 heteroatoms. The van der Waals surface area contributed by atoms with E-state index in [0.717, 1.165) is 45.7 Å². The van der Waals surface area contributed by atoms with Crippen LogP contribution in [0.2, 0.25) is 0 Å². The van der Waals surface area contributed by atoms with Crippen molar-refractivity contribution < 1.29 is 10.2 Å². The summed E-state index contributed by atoms with van der Waals surface area (Å²) in [6, 6.07) is 0. The number of nitrogens with zero attached hydrogens (tertiary/aromatic N) is 2. The van der Waals surface area contributed by atoms with Gasteiger partial charge in [-0.25, -0.2) is 0 Å². The Kier molecular flexibility index (Phi) is 5.84. The molecule has 2 fully saturated rings. The van der Waals surface area contributed by atoms with Crippen molar-refractivity contribution in [3.05, 3.63) is 0 Å². The first-order valence-corrected chi connectivity index (χ1v) is 8.26. The summed E-state index contributed by atoms with van der Waals surface area (Å²) in [5.41, 5.74) is 0.0810. The molecule has 0 radical (unpaired) electrons. The molecule has 0 bridgehead atoms. The largest absolute Gasteiger partial charge is 0.395 e. The van der Waals surface area contributed by atoms with Crippen LogP contribution in [0, 0.1) is 11.3 Å². The van der Waals surface area contributed by atoms with Gasteiger partial charge in [-0.05, 0) is 43.7 Å². The Labute approximate surface area is 123 Å². The third kappa shape index (κ3) is 4.17. The van der Waals surface area contributed by atoms with E-state index in [-0.39, 0.29) is 18.1 Å². The van der Waals surface area contributed by atoms with Crippen molar-refractivity contribution in [2.45, 2.75) is 45.6 Å². The van der Waals surface area contributed by atoms with E-state index >= 15 is 0 Å². The number of aliphatic hydroxyl groups is 2. The minimum absolute atomic E-state index is 0.0810. The molecule has 1 saturated carbocycles.